The van der Waals surface area contributed by atoms with E-state index in [4.69, 9.17) is 0 Å². The monoisotopic (exact) mass is 339 g/mol. The molecule has 0 saturated heterocycles. The van der Waals surface area contributed by atoms with Gasteiger partial charge in [0.25, 0.3) is 5.69 Å². The van der Waals surface area contributed by atoms with Crippen molar-refractivity contribution in [2.24, 2.45) is 7.05 Å². The molecule has 5 nitrogen and oxygen atoms in total. The lowest BCUT2D eigenvalue weighted by Crippen LogP contribution is -1.97. The van der Waals surface area contributed by atoms with Crippen LogP contribution in [0.3, 0.4) is 0 Å². The highest BCUT2D eigenvalue weighted by molar-refractivity contribution is 7.99. The lowest BCUT2D eigenvalue weighted by molar-refractivity contribution is -0.384. The molecule has 3 rings (SSSR count). The lowest BCUT2D eigenvalue weighted by atomic mass is 10.1. The highest BCUT2D eigenvalue weighted by atomic mass is 32.2. The Kier molecular flexibility index (Phi) is 4.66. The number of non-ortho nitro benzene ring substituents is 1. The van der Waals surface area contributed by atoms with E-state index in [0.717, 1.165) is 22.0 Å². The van der Waals surface area contributed by atoms with Crippen molar-refractivity contribution in [3.8, 4) is 11.3 Å². The molecule has 0 amide bonds. The smallest absolute Gasteiger partial charge is 0.269 e. The second kappa shape index (κ2) is 6.88. The topological polar surface area (TPSA) is 61.0 Å². The maximum absolute atomic E-state index is 10.9. The zero-order valence-corrected chi connectivity index (χ0v) is 14.2. The summed E-state index contributed by atoms with van der Waals surface area (Å²) in [5, 5.41) is 11.9. The Hall–Kier alpha value is -2.60. The van der Waals surface area contributed by atoms with Crippen molar-refractivity contribution in [3.05, 3.63) is 76.5 Å². The van der Waals surface area contributed by atoms with Crippen molar-refractivity contribution in [2.45, 2.75) is 17.3 Å². The van der Waals surface area contributed by atoms with E-state index in [-0.39, 0.29) is 15.9 Å². The fourth-order valence-electron chi connectivity index (χ4n) is 2.50. The van der Waals surface area contributed by atoms with Crippen LogP contribution < -0.4 is 0 Å². The Morgan fingerprint density at radius 3 is 2.62 bits per heavy atom. The Morgan fingerprint density at radius 1 is 1.17 bits per heavy atom. The Bertz CT molecular complexity index is 862. The second-order valence-corrected chi connectivity index (χ2v) is 6.77. The normalized spacial score (nSPS) is 12.1. The van der Waals surface area contributed by atoms with Crippen molar-refractivity contribution in [1.82, 2.24) is 9.55 Å². The van der Waals surface area contributed by atoms with Crippen LogP contribution in [0.1, 0.15) is 17.7 Å². The Labute approximate surface area is 144 Å². The molecule has 0 fully saturated rings. The molecule has 1 atom stereocenters. The number of nitrogens with zero attached hydrogens (tertiary/aromatic N) is 3. The number of nitro groups is 1. The summed E-state index contributed by atoms with van der Waals surface area (Å²) in [6.45, 7) is 2.03. The summed E-state index contributed by atoms with van der Waals surface area (Å²) in [5.41, 5.74) is 3.19. The van der Waals surface area contributed by atoms with Crippen molar-refractivity contribution in [3.63, 3.8) is 0 Å². The molecule has 0 N–H and O–H groups in total. The molecular formula is C18H17N3O2S. The summed E-state index contributed by atoms with van der Waals surface area (Å²) in [4.78, 5) is 15.1. The van der Waals surface area contributed by atoms with Gasteiger partial charge in [0.2, 0.25) is 0 Å². The van der Waals surface area contributed by atoms with Gasteiger partial charge in [0.05, 0.1) is 16.8 Å². The number of aromatic nitrogens is 2. The molecule has 1 aromatic heterocycles. The van der Waals surface area contributed by atoms with Crippen LogP contribution in [-0.4, -0.2) is 14.5 Å². The Morgan fingerprint density at radius 2 is 1.92 bits per heavy atom. The zero-order valence-electron chi connectivity index (χ0n) is 13.4. The number of hydrogen-bond acceptors (Lipinski definition) is 4. The van der Waals surface area contributed by atoms with Crippen LogP contribution in [0.15, 0.2) is 66.0 Å². The minimum Gasteiger partial charge on any atom is -0.322 e. The maximum Gasteiger partial charge on any atom is 0.269 e. The van der Waals surface area contributed by atoms with Crippen molar-refractivity contribution >= 4 is 17.4 Å². The van der Waals surface area contributed by atoms with Crippen LogP contribution in [0.25, 0.3) is 11.3 Å². The molecule has 0 aliphatic heterocycles. The molecule has 0 bridgehead atoms. The van der Waals surface area contributed by atoms with Crippen molar-refractivity contribution < 1.29 is 4.92 Å². The van der Waals surface area contributed by atoms with Crippen molar-refractivity contribution in [1.29, 1.82) is 0 Å². The van der Waals surface area contributed by atoms with Gasteiger partial charge in [-0.2, -0.15) is 0 Å². The van der Waals surface area contributed by atoms with Gasteiger partial charge >= 0.3 is 0 Å². The highest BCUT2D eigenvalue weighted by Gasteiger charge is 2.16. The molecule has 6 heteroatoms. The SMILES string of the molecule is C[C@H](Sc1ncc(-c2ccccc2)n1C)c1cccc([N+](=O)[O-])c1. The first-order valence-corrected chi connectivity index (χ1v) is 8.42. The first-order chi connectivity index (χ1) is 11.6. The van der Waals surface area contributed by atoms with E-state index < -0.39 is 0 Å². The standard InChI is InChI=1S/C18H17N3O2S/c1-13(15-9-6-10-16(11-15)21(22)23)24-18-19-12-17(20(18)2)14-7-4-3-5-8-14/h3-13H,1-2H3/t13-/m0/s1. The minimum atomic E-state index is -0.366. The number of hydrogen-bond donors (Lipinski definition) is 0. The van der Waals surface area contributed by atoms with Gasteiger partial charge in [-0.15, -0.1) is 0 Å². The first-order valence-electron chi connectivity index (χ1n) is 7.54. The third-order valence-electron chi connectivity index (χ3n) is 3.85. The van der Waals surface area contributed by atoms with E-state index in [9.17, 15) is 10.1 Å². The van der Waals surface area contributed by atoms with Crippen LogP contribution in [0.5, 0.6) is 0 Å². The molecule has 1 heterocycles. The zero-order chi connectivity index (χ0) is 17.1. The van der Waals surface area contributed by atoms with Gasteiger partial charge in [-0.1, -0.05) is 54.2 Å². The fraction of sp³-hybridized carbons (Fsp3) is 0.167. The van der Waals surface area contributed by atoms with E-state index in [0.29, 0.717) is 0 Å². The summed E-state index contributed by atoms with van der Waals surface area (Å²) in [6.07, 6.45) is 1.86. The summed E-state index contributed by atoms with van der Waals surface area (Å²) in [6, 6.07) is 16.9. The van der Waals surface area contributed by atoms with E-state index in [1.54, 1.807) is 23.9 Å². The highest BCUT2D eigenvalue weighted by Crippen LogP contribution is 2.36. The molecule has 0 unspecified atom stereocenters. The van der Waals surface area contributed by atoms with Crippen LogP contribution in [0.2, 0.25) is 0 Å². The van der Waals surface area contributed by atoms with E-state index >= 15 is 0 Å². The van der Waals surface area contributed by atoms with Crippen LogP contribution in [0.4, 0.5) is 5.69 Å². The number of thioether (sulfide) groups is 1. The molecule has 122 valence electrons. The number of imidazole rings is 1. The molecule has 0 radical (unpaired) electrons. The van der Waals surface area contributed by atoms with Crippen LogP contribution in [-0.2, 0) is 7.05 Å². The summed E-state index contributed by atoms with van der Waals surface area (Å²) < 4.78 is 2.05. The third-order valence-corrected chi connectivity index (χ3v) is 5.06. The molecular weight excluding hydrogens is 322 g/mol. The molecule has 0 saturated carbocycles. The lowest BCUT2D eigenvalue weighted by Gasteiger charge is -2.12. The predicted molar refractivity (Wildman–Crippen MR) is 96.0 cm³/mol. The molecule has 0 spiro atoms. The first kappa shape index (κ1) is 16.3. The maximum atomic E-state index is 10.9. The van der Waals surface area contributed by atoms with Gasteiger partial charge in [0, 0.05) is 24.4 Å². The third kappa shape index (κ3) is 3.33. The number of benzene rings is 2. The quantitative estimate of drug-likeness (QED) is 0.379. The van der Waals surface area contributed by atoms with Gasteiger partial charge in [0.15, 0.2) is 5.16 Å². The number of rotatable bonds is 5. The van der Waals surface area contributed by atoms with Crippen LogP contribution >= 0.6 is 11.8 Å². The number of nitro benzene ring substituents is 1. The van der Waals surface area contributed by atoms with E-state index in [1.807, 2.05) is 49.0 Å². The fourth-order valence-corrected chi connectivity index (χ4v) is 3.47. The average Bonchev–Trinajstić information content (AvgIpc) is 2.96. The molecule has 2 aromatic carbocycles. The van der Waals surface area contributed by atoms with Crippen molar-refractivity contribution in [2.75, 3.05) is 0 Å². The second-order valence-electron chi connectivity index (χ2n) is 5.46. The molecule has 0 aliphatic carbocycles. The summed E-state index contributed by atoms with van der Waals surface area (Å²) in [7, 11) is 1.98. The minimum absolute atomic E-state index is 0.0645. The van der Waals surface area contributed by atoms with Crippen LogP contribution in [0, 0.1) is 10.1 Å². The molecule has 24 heavy (non-hydrogen) atoms. The molecule has 0 aliphatic rings. The molecule has 3 aromatic rings. The largest absolute Gasteiger partial charge is 0.322 e. The van der Waals surface area contributed by atoms with E-state index in [1.165, 1.54) is 6.07 Å². The van der Waals surface area contributed by atoms with Gasteiger partial charge < -0.3 is 4.57 Å². The Balaban J connectivity index is 1.83. The summed E-state index contributed by atoms with van der Waals surface area (Å²) in [5.74, 6) is 0. The van der Waals surface area contributed by atoms with Gasteiger partial charge in [-0.25, -0.2) is 4.98 Å². The average molecular weight is 339 g/mol. The van der Waals surface area contributed by atoms with E-state index in [2.05, 4.69) is 17.1 Å². The van der Waals surface area contributed by atoms with Gasteiger partial charge in [-0.05, 0) is 18.1 Å². The predicted octanol–water partition coefficient (Wildman–Crippen LogP) is 4.85. The summed E-state index contributed by atoms with van der Waals surface area (Å²) >= 11 is 1.59. The van der Waals surface area contributed by atoms with Gasteiger partial charge in [-0.3, -0.25) is 10.1 Å². The van der Waals surface area contributed by atoms with Gasteiger partial charge in [0.1, 0.15) is 0 Å².